The van der Waals surface area contributed by atoms with Crippen LogP contribution in [0.2, 0.25) is 0 Å². The molecule has 0 aromatic carbocycles. The highest BCUT2D eigenvalue weighted by molar-refractivity contribution is 5.67. The molecule has 0 rings (SSSR count). The fourth-order valence-electron chi connectivity index (χ4n) is 0.856. The average Bonchev–Trinajstić information content (AvgIpc) is 2.15. The molecule has 96 valence electrons. The smallest absolute Gasteiger partial charge is 0.407 e. The maximum atomic E-state index is 11.2. The Labute approximate surface area is 95.6 Å². The maximum Gasteiger partial charge on any atom is 0.407 e. The first-order valence-electron chi connectivity index (χ1n) is 5.19. The van der Waals surface area contributed by atoms with Crippen LogP contribution in [0.4, 0.5) is 4.79 Å². The van der Waals surface area contributed by atoms with Gasteiger partial charge in [-0.15, -0.1) is 0 Å². The summed E-state index contributed by atoms with van der Waals surface area (Å²) in [6.45, 7) is 5.31. The normalized spacial score (nSPS) is 11.6. The number of carbonyl (C=O) groups excluding carboxylic acids is 1. The molecule has 0 unspecified atom stereocenters. The number of hydrogen-bond acceptors (Lipinski definition) is 5. The number of nitrogens with one attached hydrogen (secondary N) is 1. The molecule has 0 aromatic heterocycles. The topological polar surface area (TPSA) is 88.0 Å². The molecule has 0 saturated carbocycles. The van der Waals surface area contributed by atoms with Crippen molar-refractivity contribution in [3.63, 3.8) is 0 Å². The van der Waals surface area contributed by atoms with Crippen LogP contribution in [-0.2, 0) is 9.47 Å². The molecule has 0 atom stereocenters. The van der Waals surface area contributed by atoms with Crippen LogP contribution in [0.3, 0.4) is 0 Å². The summed E-state index contributed by atoms with van der Waals surface area (Å²) in [7, 11) is 0. The highest BCUT2D eigenvalue weighted by atomic mass is 16.6. The van der Waals surface area contributed by atoms with Crippen LogP contribution in [0.25, 0.3) is 0 Å². The minimum absolute atomic E-state index is 0.213. The standard InChI is InChI=1S/C10H21NO5/c1-10(2,3)16-9(14)11-4-5-15-8(6-12)7-13/h8,12-13H,4-7H2,1-3H3,(H,11,14). The highest BCUT2D eigenvalue weighted by Gasteiger charge is 2.15. The number of alkyl carbamates (subject to hydrolysis) is 1. The summed E-state index contributed by atoms with van der Waals surface area (Å²) in [5.41, 5.74) is -0.524. The highest BCUT2D eigenvalue weighted by Crippen LogP contribution is 2.06. The molecule has 16 heavy (non-hydrogen) atoms. The lowest BCUT2D eigenvalue weighted by molar-refractivity contribution is -0.0188. The van der Waals surface area contributed by atoms with Gasteiger partial charge in [0.2, 0.25) is 0 Å². The molecule has 6 nitrogen and oxygen atoms in total. The van der Waals surface area contributed by atoms with E-state index in [1.807, 2.05) is 0 Å². The predicted octanol–water partition coefficient (Wildman–Crippen LogP) is -0.119. The van der Waals surface area contributed by atoms with Gasteiger partial charge in [0, 0.05) is 6.54 Å². The Balaban J connectivity index is 3.55. The second-order valence-corrected chi connectivity index (χ2v) is 4.29. The van der Waals surface area contributed by atoms with E-state index in [9.17, 15) is 4.79 Å². The molecule has 1 amide bonds. The Hall–Kier alpha value is -0.850. The predicted molar refractivity (Wildman–Crippen MR) is 58.1 cm³/mol. The molecule has 0 bridgehead atoms. The summed E-state index contributed by atoms with van der Waals surface area (Å²) in [6, 6.07) is 0. The lowest BCUT2D eigenvalue weighted by Crippen LogP contribution is -2.35. The van der Waals surface area contributed by atoms with Gasteiger partial charge in [0.1, 0.15) is 11.7 Å². The quantitative estimate of drug-likeness (QED) is 0.559. The summed E-state index contributed by atoms with van der Waals surface area (Å²) in [5.74, 6) is 0. The van der Waals surface area contributed by atoms with E-state index >= 15 is 0 Å². The van der Waals surface area contributed by atoms with Gasteiger partial charge in [-0.05, 0) is 20.8 Å². The third-order valence-electron chi connectivity index (χ3n) is 1.53. The van der Waals surface area contributed by atoms with E-state index in [0.717, 1.165) is 0 Å². The fraction of sp³-hybridized carbons (Fsp3) is 0.900. The molecular formula is C10H21NO5. The third-order valence-corrected chi connectivity index (χ3v) is 1.53. The maximum absolute atomic E-state index is 11.2. The van der Waals surface area contributed by atoms with Gasteiger partial charge in [0.05, 0.1) is 19.8 Å². The number of aliphatic hydroxyl groups excluding tert-OH is 2. The van der Waals surface area contributed by atoms with Crippen LogP contribution < -0.4 is 5.32 Å². The fourth-order valence-corrected chi connectivity index (χ4v) is 0.856. The molecule has 0 heterocycles. The van der Waals surface area contributed by atoms with Crippen molar-refractivity contribution in [1.29, 1.82) is 0 Å². The molecule has 0 aliphatic heterocycles. The first-order chi connectivity index (χ1) is 7.39. The summed E-state index contributed by atoms with van der Waals surface area (Å²) >= 11 is 0. The molecule has 0 aromatic rings. The van der Waals surface area contributed by atoms with Crippen molar-refractivity contribution in [3.8, 4) is 0 Å². The van der Waals surface area contributed by atoms with Crippen molar-refractivity contribution < 1.29 is 24.5 Å². The van der Waals surface area contributed by atoms with E-state index in [4.69, 9.17) is 19.7 Å². The molecule has 0 aliphatic carbocycles. The second-order valence-electron chi connectivity index (χ2n) is 4.29. The van der Waals surface area contributed by atoms with E-state index < -0.39 is 17.8 Å². The second kappa shape index (κ2) is 7.43. The molecule has 0 fully saturated rings. The first-order valence-corrected chi connectivity index (χ1v) is 5.19. The number of hydrogen-bond donors (Lipinski definition) is 3. The zero-order valence-electron chi connectivity index (χ0n) is 10.0. The van der Waals surface area contributed by atoms with Crippen LogP contribution in [0.15, 0.2) is 0 Å². The number of ether oxygens (including phenoxy) is 2. The number of amides is 1. The molecule has 6 heteroatoms. The Morgan fingerprint density at radius 2 is 1.88 bits per heavy atom. The first kappa shape index (κ1) is 15.2. The van der Waals surface area contributed by atoms with Crippen molar-refractivity contribution in [2.24, 2.45) is 0 Å². The molecule has 0 radical (unpaired) electrons. The van der Waals surface area contributed by atoms with Crippen molar-refractivity contribution in [2.45, 2.75) is 32.5 Å². The van der Waals surface area contributed by atoms with Gasteiger partial charge < -0.3 is 25.0 Å². The van der Waals surface area contributed by atoms with Crippen LogP contribution in [0, 0.1) is 0 Å². The van der Waals surface area contributed by atoms with Gasteiger partial charge in [-0.1, -0.05) is 0 Å². The number of rotatable bonds is 6. The van der Waals surface area contributed by atoms with Gasteiger partial charge in [-0.3, -0.25) is 0 Å². The Kier molecular flexibility index (Phi) is 7.03. The van der Waals surface area contributed by atoms with E-state index in [1.54, 1.807) is 20.8 Å². The monoisotopic (exact) mass is 235 g/mol. The third kappa shape index (κ3) is 8.46. The van der Waals surface area contributed by atoms with E-state index in [-0.39, 0.29) is 26.4 Å². The van der Waals surface area contributed by atoms with Crippen LogP contribution in [0.1, 0.15) is 20.8 Å². The van der Waals surface area contributed by atoms with Gasteiger partial charge in [-0.2, -0.15) is 0 Å². The van der Waals surface area contributed by atoms with E-state index in [2.05, 4.69) is 5.32 Å². The Bertz CT molecular complexity index is 198. The van der Waals surface area contributed by atoms with Crippen molar-refractivity contribution >= 4 is 6.09 Å². The summed E-state index contributed by atoms with van der Waals surface area (Å²) in [6.07, 6.45) is -1.11. The summed E-state index contributed by atoms with van der Waals surface area (Å²) in [4.78, 5) is 11.2. The minimum atomic E-state index is -0.597. The molecule has 0 aliphatic rings. The van der Waals surface area contributed by atoms with Crippen molar-refractivity contribution in [1.82, 2.24) is 5.32 Å². The largest absolute Gasteiger partial charge is 0.444 e. The number of carbonyl (C=O) groups is 1. The average molecular weight is 235 g/mol. The molecular weight excluding hydrogens is 214 g/mol. The van der Waals surface area contributed by atoms with Gasteiger partial charge in [0.25, 0.3) is 0 Å². The zero-order chi connectivity index (χ0) is 12.6. The van der Waals surface area contributed by atoms with Crippen molar-refractivity contribution in [2.75, 3.05) is 26.4 Å². The van der Waals surface area contributed by atoms with Crippen LogP contribution in [-0.4, -0.2) is 54.4 Å². The lowest BCUT2D eigenvalue weighted by Gasteiger charge is -2.20. The molecule has 0 saturated heterocycles. The molecule has 3 N–H and O–H groups in total. The van der Waals surface area contributed by atoms with Gasteiger partial charge in [0.15, 0.2) is 0 Å². The van der Waals surface area contributed by atoms with Crippen LogP contribution >= 0.6 is 0 Å². The Morgan fingerprint density at radius 1 is 1.31 bits per heavy atom. The lowest BCUT2D eigenvalue weighted by atomic mass is 10.2. The van der Waals surface area contributed by atoms with Gasteiger partial charge >= 0.3 is 6.09 Å². The molecule has 0 spiro atoms. The zero-order valence-corrected chi connectivity index (χ0v) is 10.0. The van der Waals surface area contributed by atoms with Crippen LogP contribution in [0.5, 0.6) is 0 Å². The van der Waals surface area contributed by atoms with E-state index in [1.165, 1.54) is 0 Å². The Morgan fingerprint density at radius 3 is 2.31 bits per heavy atom. The number of aliphatic hydroxyl groups is 2. The SMILES string of the molecule is CC(C)(C)OC(=O)NCCOC(CO)CO. The summed E-state index contributed by atoms with van der Waals surface area (Å²) in [5, 5.41) is 19.9. The van der Waals surface area contributed by atoms with Gasteiger partial charge in [-0.25, -0.2) is 4.79 Å². The minimum Gasteiger partial charge on any atom is -0.444 e. The summed E-state index contributed by atoms with van der Waals surface area (Å²) < 4.78 is 10.0. The van der Waals surface area contributed by atoms with Crippen molar-refractivity contribution in [3.05, 3.63) is 0 Å². The van der Waals surface area contributed by atoms with E-state index in [0.29, 0.717) is 0 Å².